The first-order valence-electron chi connectivity index (χ1n) is 6.76. The largest absolute Gasteiger partial charge is 0.868 e. The number of benzene rings is 2. The lowest BCUT2D eigenvalue weighted by atomic mass is 10.1. The topological polar surface area (TPSA) is 104 Å². The Hall–Kier alpha value is -3.13. The summed E-state index contributed by atoms with van der Waals surface area (Å²) in [4.78, 5) is 35.7. The molecule has 0 saturated carbocycles. The molecular weight excluding hydrogens is 332 g/mol. The minimum Gasteiger partial charge on any atom is -0.868 e. The van der Waals surface area contributed by atoms with E-state index in [0.29, 0.717) is 11.3 Å². The molecule has 2 amide bonds. The molecule has 1 fully saturated rings. The minimum absolute atomic E-state index is 0.136. The first-order chi connectivity index (χ1) is 11.5. The van der Waals surface area contributed by atoms with E-state index in [2.05, 4.69) is 0 Å². The molecule has 8 heteroatoms. The summed E-state index contributed by atoms with van der Waals surface area (Å²) < 4.78 is 0. The van der Waals surface area contributed by atoms with Gasteiger partial charge in [-0.3, -0.25) is 19.7 Å². The molecule has 2 aromatic carbocycles. The van der Waals surface area contributed by atoms with Gasteiger partial charge in [-0.1, -0.05) is 30.3 Å². The number of nitro groups is 1. The quantitative estimate of drug-likeness (QED) is 0.483. The van der Waals surface area contributed by atoms with Crippen LogP contribution in [0.3, 0.4) is 0 Å². The van der Waals surface area contributed by atoms with Crippen LogP contribution in [0.25, 0.3) is 6.08 Å². The molecule has 1 aliphatic rings. The fourth-order valence-corrected chi connectivity index (χ4v) is 3.03. The molecule has 0 atom stereocenters. The summed E-state index contributed by atoms with van der Waals surface area (Å²) in [5.74, 6) is -1.22. The van der Waals surface area contributed by atoms with Crippen molar-refractivity contribution in [1.29, 1.82) is 0 Å². The molecule has 7 nitrogen and oxygen atoms in total. The van der Waals surface area contributed by atoms with Crippen LogP contribution < -0.4 is 10.0 Å². The molecule has 3 rings (SSSR count). The number of hydrogen-bond donors (Lipinski definition) is 0. The first kappa shape index (κ1) is 15.8. The van der Waals surface area contributed by atoms with Crippen molar-refractivity contribution in [2.75, 3.05) is 4.90 Å². The van der Waals surface area contributed by atoms with E-state index in [4.69, 9.17) is 0 Å². The van der Waals surface area contributed by atoms with Gasteiger partial charge in [-0.15, -0.1) is 0 Å². The van der Waals surface area contributed by atoms with Gasteiger partial charge in [0, 0.05) is 6.07 Å². The summed E-state index contributed by atoms with van der Waals surface area (Å²) in [6.07, 6.45) is 1.36. The van der Waals surface area contributed by atoms with Crippen LogP contribution in [0.1, 0.15) is 5.56 Å². The maximum atomic E-state index is 12.4. The maximum absolute atomic E-state index is 12.4. The Kier molecular flexibility index (Phi) is 4.05. The van der Waals surface area contributed by atoms with Crippen molar-refractivity contribution in [2.24, 2.45) is 0 Å². The van der Waals surface area contributed by atoms with Crippen LogP contribution in [0, 0.1) is 10.1 Å². The highest BCUT2D eigenvalue weighted by Gasteiger charge is 2.36. The van der Waals surface area contributed by atoms with Gasteiger partial charge in [0.25, 0.3) is 16.8 Å². The highest BCUT2D eigenvalue weighted by molar-refractivity contribution is 8.19. The van der Waals surface area contributed by atoms with Gasteiger partial charge in [0.05, 0.1) is 15.5 Å². The van der Waals surface area contributed by atoms with Crippen LogP contribution in [0.5, 0.6) is 5.75 Å². The number of rotatable bonds is 3. The van der Waals surface area contributed by atoms with Gasteiger partial charge in [-0.05, 0) is 41.3 Å². The summed E-state index contributed by atoms with van der Waals surface area (Å²) in [6, 6.07) is 12.0. The minimum atomic E-state index is -0.782. The molecule has 0 unspecified atom stereocenters. The maximum Gasteiger partial charge on any atom is 0.298 e. The third-order valence-electron chi connectivity index (χ3n) is 3.29. The first-order valence-corrected chi connectivity index (χ1v) is 7.57. The second kappa shape index (κ2) is 6.17. The van der Waals surface area contributed by atoms with E-state index in [-0.39, 0.29) is 4.91 Å². The standard InChI is InChI=1S/C16H10N2O5S/c19-13-7-6-10(8-12(13)18(22)23)9-14-15(20)17(16(21)24-14)11-4-2-1-3-5-11/h1-9,19H/p-1/b14-9-. The molecule has 0 bridgehead atoms. The highest BCUT2D eigenvalue weighted by atomic mass is 32.2. The average Bonchev–Trinajstić information content (AvgIpc) is 2.83. The molecule has 0 aromatic heterocycles. The van der Waals surface area contributed by atoms with Gasteiger partial charge in [0.15, 0.2) is 0 Å². The van der Waals surface area contributed by atoms with E-state index in [1.807, 2.05) is 0 Å². The van der Waals surface area contributed by atoms with Crippen molar-refractivity contribution >= 4 is 40.4 Å². The average molecular weight is 341 g/mol. The Balaban J connectivity index is 1.95. The Labute approximate surface area is 140 Å². The molecule has 1 aliphatic heterocycles. The summed E-state index contributed by atoms with van der Waals surface area (Å²) in [7, 11) is 0. The number of para-hydroxylation sites is 1. The van der Waals surface area contributed by atoms with Crippen molar-refractivity contribution < 1.29 is 19.6 Å². The van der Waals surface area contributed by atoms with Gasteiger partial charge in [0.1, 0.15) is 0 Å². The van der Waals surface area contributed by atoms with Gasteiger partial charge < -0.3 is 5.11 Å². The molecule has 1 heterocycles. The van der Waals surface area contributed by atoms with Crippen molar-refractivity contribution in [1.82, 2.24) is 0 Å². The molecule has 120 valence electrons. The van der Waals surface area contributed by atoms with Gasteiger partial charge in [0.2, 0.25) is 0 Å². The molecule has 0 spiro atoms. The van der Waals surface area contributed by atoms with Crippen LogP contribution in [0.15, 0.2) is 53.4 Å². The van der Waals surface area contributed by atoms with Crippen LogP contribution in [-0.2, 0) is 4.79 Å². The van der Waals surface area contributed by atoms with E-state index >= 15 is 0 Å². The lowest BCUT2D eigenvalue weighted by Gasteiger charge is -2.11. The van der Waals surface area contributed by atoms with E-state index in [9.17, 15) is 24.8 Å². The van der Waals surface area contributed by atoms with Crippen LogP contribution in [0.4, 0.5) is 16.2 Å². The third kappa shape index (κ3) is 2.86. The van der Waals surface area contributed by atoms with Gasteiger partial charge in [-0.2, -0.15) is 0 Å². The number of nitro benzene ring substituents is 1. The monoisotopic (exact) mass is 341 g/mol. The predicted molar refractivity (Wildman–Crippen MR) is 87.4 cm³/mol. The zero-order chi connectivity index (χ0) is 17.3. The van der Waals surface area contributed by atoms with Crippen molar-refractivity contribution in [3.05, 3.63) is 69.1 Å². The molecule has 0 radical (unpaired) electrons. The Bertz CT molecular complexity index is 879. The van der Waals surface area contributed by atoms with E-state index in [0.717, 1.165) is 28.8 Å². The summed E-state index contributed by atoms with van der Waals surface area (Å²) in [5.41, 5.74) is 0.176. The Morgan fingerprint density at radius 2 is 1.79 bits per heavy atom. The summed E-state index contributed by atoms with van der Waals surface area (Å²) >= 11 is 0.740. The number of carbonyl (C=O) groups is 2. The van der Waals surface area contributed by atoms with E-state index in [1.54, 1.807) is 30.3 Å². The van der Waals surface area contributed by atoms with Crippen LogP contribution in [-0.4, -0.2) is 16.1 Å². The zero-order valence-electron chi connectivity index (χ0n) is 12.0. The number of nitrogens with zero attached hydrogens (tertiary/aromatic N) is 2. The molecule has 24 heavy (non-hydrogen) atoms. The van der Waals surface area contributed by atoms with Crippen LogP contribution in [0.2, 0.25) is 0 Å². The second-order valence-corrected chi connectivity index (χ2v) is 5.83. The SMILES string of the molecule is O=C1S/C(=C\c2ccc([O-])c([N+](=O)[O-])c2)C(=O)N1c1ccccc1. The smallest absolute Gasteiger partial charge is 0.298 e. The zero-order valence-corrected chi connectivity index (χ0v) is 12.9. The second-order valence-electron chi connectivity index (χ2n) is 4.84. The number of carbonyl (C=O) groups excluding carboxylic acids is 2. The predicted octanol–water partition coefficient (Wildman–Crippen LogP) is 2.91. The fraction of sp³-hybridized carbons (Fsp3) is 0. The molecule has 2 aromatic rings. The Morgan fingerprint density at radius 1 is 1.08 bits per heavy atom. The summed E-state index contributed by atoms with van der Waals surface area (Å²) in [5, 5.41) is 21.8. The highest BCUT2D eigenvalue weighted by Crippen LogP contribution is 2.36. The third-order valence-corrected chi connectivity index (χ3v) is 4.16. The lowest BCUT2D eigenvalue weighted by molar-refractivity contribution is -0.398. The Morgan fingerprint density at radius 3 is 2.46 bits per heavy atom. The number of thioether (sulfide) groups is 1. The fourth-order valence-electron chi connectivity index (χ4n) is 2.19. The number of anilines is 1. The molecule has 0 N–H and O–H groups in total. The van der Waals surface area contributed by atoms with E-state index in [1.165, 1.54) is 12.1 Å². The van der Waals surface area contributed by atoms with Gasteiger partial charge >= 0.3 is 0 Å². The molecule has 0 aliphatic carbocycles. The van der Waals surface area contributed by atoms with Crippen molar-refractivity contribution in [2.45, 2.75) is 0 Å². The van der Waals surface area contributed by atoms with E-state index < -0.39 is 27.5 Å². The lowest BCUT2D eigenvalue weighted by Crippen LogP contribution is -2.27. The van der Waals surface area contributed by atoms with Crippen LogP contribution >= 0.6 is 11.8 Å². The summed E-state index contributed by atoms with van der Waals surface area (Å²) in [6.45, 7) is 0. The van der Waals surface area contributed by atoms with Gasteiger partial charge in [-0.25, -0.2) is 4.90 Å². The van der Waals surface area contributed by atoms with Crippen molar-refractivity contribution in [3.63, 3.8) is 0 Å². The number of imide groups is 1. The normalized spacial score (nSPS) is 16.0. The number of amides is 2. The molecular formula is C16H9N2O5S-. The number of hydrogen-bond acceptors (Lipinski definition) is 6. The molecule has 1 saturated heterocycles. The van der Waals surface area contributed by atoms with Crippen molar-refractivity contribution in [3.8, 4) is 5.75 Å².